The van der Waals surface area contributed by atoms with Gasteiger partial charge >= 0.3 is 0 Å². The first-order valence-corrected chi connectivity index (χ1v) is 11.9. The van der Waals surface area contributed by atoms with Crippen LogP contribution in [0, 0.1) is 0 Å². The molecule has 31 heavy (non-hydrogen) atoms. The number of hydrogen-bond donors (Lipinski definition) is 2. The highest BCUT2D eigenvalue weighted by molar-refractivity contribution is 7.89. The Morgan fingerprint density at radius 3 is 2.48 bits per heavy atom. The molecule has 0 aliphatic heterocycles. The number of nitrogens with one attached hydrogen (secondary N) is 2. The molecule has 1 atom stereocenters. The van der Waals surface area contributed by atoms with Gasteiger partial charge in [-0.1, -0.05) is 60.1 Å². The van der Waals surface area contributed by atoms with Crippen LogP contribution in [-0.2, 0) is 21.2 Å². The minimum Gasteiger partial charge on any atom is -0.323 e. The quantitative estimate of drug-likeness (QED) is 0.425. The van der Waals surface area contributed by atoms with Gasteiger partial charge in [0, 0.05) is 0 Å². The largest absolute Gasteiger partial charge is 0.323 e. The predicted molar refractivity (Wildman–Crippen MR) is 122 cm³/mol. The van der Waals surface area contributed by atoms with E-state index in [2.05, 4.69) is 18.8 Å². The average molecular weight is 473 g/mol. The number of para-hydroxylation sites is 1. The summed E-state index contributed by atoms with van der Waals surface area (Å²) >= 11 is 7.08. The second-order valence-corrected chi connectivity index (χ2v) is 9.34. The van der Waals surface area contributed by atoms with Crippen LogP contribution >= 0.6 is 23.3 Å². The second kappa shape index (κ2) is 9.11. The zero-order valence-corrected chi connectivity index (χ0v) is 18.4. The summed E-state index contributed by atoms with van der Waals surface area (Å²) in [5, 5.41) is 3.07. The van der Waals surface area contributed by atoms with E-state index in [4.69, 9.17) is 11.6 Å². The first-order chi connectivity index (χ1) is 14.9. The number of hydrogen-bond acceptors (Lipinski definition) is 6. The number of anilines is 1. The first-order valence-electron chi connectivity index (χ1n) is 9.27. The number of rotatable bonds is 7. The molecule has 3 aromatic carbocycles. The molecule has 0 aliphatic rings. The van der Waals surface area contributed by atoms with Crippen molar-refractivity contribution >= 4 is 56.0 Å². The number of halogens is 1. The van der Waals surface area contributed by atoms with E-state index in [-0.39, 0.29) is 16.8 Å². The molecule has 4 rings (SSSR count). The lowest BCUT2D eigenvalue weighted by molar-refractivity contribution is -0.117. The van der Waals surface area contributed by atoms with Gasteiger partial charge in [-0.25, -0.2) is 8.42 Å². The summed E-state index contributed by atoms with van der Waals surface area (Å²) in [4.78, 5) is 13.0. The Morgan fingerprint density at radius 1 is 0.968 bits per heavy atom. The first kappa shape index (κ1) is 21.4. The second-order valence-electron chi connectivity index (χ2n) is 6.72. The Labute approximate surface area is 188 Å². The molecule has 1 heterocycles. The van der Waals surface area contributed by atoms with Crippen molar-refractivity contribution in [3.63, 3.8) is 0 Å². The Kier molecular flexibility index (Phi) is 6.28. The summed E-state index contributed by atoms with van der Waals surface area (Å²) in [7, 11) is -4.06. The lowest BCUT2D eigenvalue weighted by atomic mass is 10.1. The molecule has 0 aliphatic carbocycles. The van der Waals surface area contributed by atoms with Gasteiger partial charge in [0.05, 0.1) is 22.4 Å². The lowest BCUT2D eigenvalue weighted by Gasteiger charge is -2.19. The number of carbonyl (C=O) groups excluding carboxylic acids is 1. The van der Waals surface area contributed by atoms with Crippen LogP contribution < -0.4 is 10.0 Å². The van der Waals surface area contributed by atoms with Crippen molar-refractivity contribution in [2.24, 2.45) is 0 Å². The molecule has 0 unspecified atom stereocenters. The van der Waals surface area contributed by atoms with Crippen molar-refractivity contribution in [1.82, 2.24) is 13.5 Å². The number of nitrogens with zero attached hydrogens (tertiary/aromatic N) is 2. The van der Waals surface area contributed by atoms with Crippen LogP contribution in [0.25, 0.3) is 11.0 Å². The Morgan fingerprint density at radius 2 is 1.71 bits per heavy atom. The average Bonchev–Trinajstić information content (AvgIpc) is 3.24. The normalized spacial score (nSPS) is 12.5. The van der Waals surface area contributed by atoms with Crippen LogP contribution in [0.1, 0.15) is 5.56 Å². The van der Waals surface area contributed by atoms with Crippen molar-refractivity contribution in [3.05, 3.63) is 83.4 Å². The third-order valence-electron chi connectivity index (χ3n) is 4.57. The molecule has 7 nitrogen and oxygen atoms in total. The molecule has 0 bridgehead atoms. The van der Waals surface area contributed by atoms with Crippen molar-refractivity contribution in [3.8, 4) is 0 Å². The van der Waals surface area contributed by atoms with Gasteiger partial charge in [-0.2, -0.15) is 13.5 Å². The maximum absolute atomic E-state index is 13.2. The molecule has 4 aromatic rings. The zero-order valence-electron chi connectivity index (χ0n) is 16.0. The van der Waals surface area contributed by atoms with Gasteiger partial charge < -0.3 is 5.32 Å². The van der Waals surface area contributed by atoms with Gasteiger partial charge in [-0.3, -0.25) is 4.79 Å². The molecule has 10 heteroatoms. The summed E-state index contributed by atoms with van der Waals surface area (Å²) in [6.45, 7) is 0. The van der Waals surface area contributed by atoms with Crippen LogP contribution in [0.2, 0.25) is 5.02 Å². The van der Waals surface area contributed by atoms with E-state index in [1.54, 1.807) is 36.4 Å². The highest BCUT2D eigenvalue weighted by Gasteiger charge is 2.28. The minimum absolute atomic E-state index is 0.0256. The van der Waals surface area contributed by atoms with Gasteiger partial charge in [0.2, 0.25) is 15.9 Å². The summed E-state index contributed by atoms with van der Waals surface area (Å²) < 4.78 is 37.1. The van der Waals surface area contributed by atoms with Crippen LogP contribution in [0.3, 0.4) is 0 Å². The van der Waals surface area contributed by atoms with Crippen molar-refractivity contribution < 1.29 is 13.2 Å². The van der Waals surface area contributed by atoms with E-state index in [0.29, 0.717) is 16.2 Å². The number of fused-ring (bicyclic) bond motifs is 1. The van der Waals surface area contributed by atoms with Crippen LogP contribution in [-0.4, -0.2) is 29.1 Å². The van der Waals surface area contributed by atoms with Crippen molar-refractivity contribution in [1.29, 1.82) is 0 Å². The van der Waals surface area contributed by atoms with E-state index in [1.165, 1.54) is 6.07 Å². The van der Waals surface area contributed by atoms with Crippen LogP contribution in [0.5, 0.6) is 0 Å². The van der Waals surface area contributed by atoms with Crippen LogP contribution in [0.4, 0.5) is 5.69 Å². The fraction of sp³-hybridized carbons (Fsp3) is 0.0952. The molecule has 0 spiro atoms. The van der Waals surface area contributed by atoms with E-state index in [0.717, 1.165) is 17.3 Å². The van der Waals surface area contributed by atoms with Crippen LogP contribution in [0.15, 0.2) is 77.7 Å². The Hall–Kier alpha value is -2.85. The summed E-state index contributed by atoms with van der Waals surface area (Å²) in [5.74, 6) is -0.524. The number of amides is 1. The number of aromatic nitrogens is 2. The third kappa shape index (κ3) is 4.91. The highest BCUT2D eigenvalue weighted by Crippen LogP contribution is 2.23. The van der Waals surface area contributed by atoms with Gasteiger partial charge in [0.25, 0.3) is 0 Å². The lowest BCUT2D eigenvalue weighted by Crippen LogP contribution is -2.45. The summed E-state index contributed by atoms with van der Waals surface area (Å²) in [5.41, 5.74) is 1.95. The molecule has 158 valence electrons. The molecular formula is C21H17ClN4O3S2. The molecule has 1 aromatic heterocycles. The smallest absolute Gasteiger partial charge is 0.243 e. The molecule has 2 N–H and O–H groups in total. The van der Waals surface area contributed by atoms with Crippen molar-refractivity contribution in [2.45, 2.75) is 17.4 Å². The number of benzene rings is 3. The monoisotopic (exact) mass is 472 g/mol. The standard InChI is InChI=1S/C21H17ClN4O3S2/c22-15-9-4-5-10-16(15)23-21(27)18(13-14-7-2-1-3-8-14)26-31(28,29)19-12-6-11-17-20(19)25-30-24-17/h1-12,18,26H,13H2,(H,23,27)/t18-/m0/s1. The molecule has 0 fully saturated rings. The van der Waals surface area contributed by atoms with Crippen molar-refractivity contribution in [2.75, 3.05) is 5.32 Å². The Bertz CT molecular complexity index is 1330. The fourth-order valence-electron chi connectivity index (χ4n) is 3.07. The molecular weight excluding hydrogens is 456 g/mol. The minimum atomic E-state index is -4.06. The molecule has 0 saturated heterocycles. The van der Waals surface area contributed by atoms with Gasteiger partial charge in [-0.05, 0) is 36.2 Å². The molecule has 1 amide bonds. The van der Waals surface area contributed by atoms with Gasteiger partial charge in [0.15, 0.2) is 0 Å². The SMILES string of the molecule is O=C(Nc1ccccc1Cl)[C@H](Cc1ccccc1)NS(=O)(=O)c1cccc2nsnc12. The maximum Gasteiger partial charge on any atom is 0.243 e. The predicted octanol–water partition coefficient (Wildman–Crippen LogP) is 3.87. The van der Waals surface area contributed by atoms with E-state index < -0.39 is 22.0 Å². The van der Waals surface area contributed by atoms with E-state index >= 15 is 0 Å². The summed E-state index contributed by atoms with van der Waals surface area (Å²) in [6.07, 6.45) is 0.154. The number of carbonyl (C=O) groups is 1. The van der Waals surface area contributed by atoms with E-state index in [9.17, 15) is 13.2 Å². The third-order valence-corrected chi connectivity index (χ3v) is 6.94. The summed E-state index contributed by atoms with van der Waals surface area (Å²) in [6, 6.07) is 19.6. The van der Waals surface area contributed by atoms with Gasteiger partial charge in [0.1, 0.15) is 22.0 Å². The number of sulfonamides is 1. The van der Waals surface area contributed by atoms with Gasteiger partial charge in [-0.15, -0.1) is 0 Å². The maximum atomic E-state index is 13.2. The fourth-order valence-corrected chi connectivity index (χ4v) is 5.21. The molecule has 0 radical (unpaired) electrons. The topological polar surface area (TPSA) is 101 Å². The highest BCUT2D eigenvalue weighted by atomic mass is 35.5. The zero-order chi connectivity index (χ0) is 21.8. The Balaban J connectivity index is 1.66. The van der Waals surface area contributed by atoms with E-state index in [1.807, 2.05) is 30.3 Å². The molecule has 0 saturated carbocycles.